The maximum absolute atomic E-state index is 11.8. The number of urea groups is 1. The summed E-state index contributed by atoms with van der Waals surface area (Å²) in [6.07, 6.45) is 4.55. The first kappa shape index (κ1) is 16.8. The lowest BCUT2D eigenvalue weighted by molar-refractivity contribution is -0.141. The fraction of sp³-hybridized carbons (Fsp3) is 0.867. The molecule has 1 fully saturated rings. The molecule has 0 aliphatic heterocycles. The molecular formula is C15H28N2O3. The van der Waals surface area contributed by atoms with Gasteiger partial charge in [0, 0.05) is 12.6 Å². The third-order valence-corrected chi connectivity index (χ3v) is 4.43. The zero-order chi connectivity index (χ0) is 15.1. The molecule has 5 nitrogen and oxygen atoms in total. The van der Waals surface area contributed by atoms with Gasteiger partial charge in [0.05, 0.1) is 5.92 Å². The van der Waals surface area contributed by atoms with Gasteiger partial charge in [-0.2, -0.15) is 0 Å². The van der Waals surface area contributed by atoms with Crippen molar-refractivity contribution in [3.8, 4) is 0 Å². The average Bonchev–Trinajstić information content (AvgIpc) is 2.38. The van der Waals surface area contributed by atoms with Crippen LogP contribution in [0.25, 0.3) is 0 Å². The van der Waals surface area contributed by atoms with Crippen molar-refractivity contribution >= 4 is 12.0 Å². The zero-order valence-electron chi connectivity index (χ0n) is 12.8. The van der Waals surface area contributed by atoms with Crippen molar-refractivity contribution in [3.63, 3.8) is 0 Å². The third-order valence-electron chi connectivity index (χ3n) is 4.43. The molecule has 116 valence electrons. The third kappa shape index (κ3) is 5.39. The Bertz CT molecular complexity index is 333. The number of carboxylic acids is 1. The fourth-order valence-electron chi connectivity index (χ4n) is 2.79. The number of carbonyl (C=O) groups is 2. The molecule has 4 unspecified atom stereocenters. The number of rotatable bonds is 6. The van der Waals surface area contributed by atoms with Gasteiger partial charge in [-0.1, -0.05) is 27.2 Å². The number of aliphatic carboxylic acids is 1. The van der Waals surface area contributed by atoms with Gasteiger partial charge in [0.1, 0.15) is 0 Å². The Morgan fingerprint density at radius 3 is 2.50 bits per heavy atom. The predicted octanol–water partition coefficient (Wildman–Crippen LogP) is 2.61. The largest absolute Gasteiger partial charge is 0.481 e. The summed E-state index contributed by atoms with van der Waals surface area (Å²) in [6.45, 7) is 6.62. The standard InChI is InChI=1S/C15H28N2O3/c1-4-5-12(14(18)19)9-16-15(20)17-13-7-6-10(2)11(3)8-13/h10-13H,4-9H2,1-3H3,(H,18,19)(H2,16,17,20). The van der Waals surface area contributed by atoms with E-state index in [4.69, 9.17) is 5.11 Å². The Hall–Kier alpha value is -1.26. The van der Waals surface area contributed by atoms with E-state index in [9.17, 15) is 9.59 Å². The number of carboxylic acid groups (broad SMARTS) is 1. The normalized spacial score (nSPS) is 27.6. The van der Waals surface area contributed by atoms with Gasteiger partial charge >= 0.3 is 12.0 Å². The van der Waals surface area contributed by atoms with Crippen LogP contribution < -0.4 is 10.6 Å². The molecule has 1 saturated carbocycles. The van der Waals surface area contributed by atoms with E-state index < -0.39 is 11.9 Å². The van der Waals surface area contributed by atoms with Gasteiger partial charge in [-0.15, -0.1) is 0 Å². The highest BCUT2D eigenvalue weighted by atomic mass is 16.4. The van der Waals surface area contributed by atoms with Crippen LogP contribution in [-0.4, -0.2) is 29.7 Å². The lowest BCUT2D eigenvalue weighted by atomic mass is 9.79. The lowest BCUT2D eigenvalue weighted by Crippen LogP contribution is -2.46. The van der Waals surface area contributed by atoms with Crippen molar-refractivity contribution in [2.75, 3.05) is 6.54 Å². The molecule has 0 aromatic carbocycles. The monoisotopic (exact) mass is 284 g/mol. The second-order valence-corrected chi connectivity index (χ2v) is 6.14. The molecule has 0 bridgehead atoms. The first-order valence-electron chi connectivity index (χ1n) is 7.71. The Kier molecular flexibility index (Phi) is 6.82. The predicted molar refractivity (Wildman–Crippen MR) is 78.5 cm³/mol. The van der Waals surface area contributed by atoms with Crippen LogP contribution in [0.1, 0.15) is 52.9 Å². The van der Waals surface area contributed by atoms with Crippen LogP contribution in [0.15, 0.2) is 0 Å². The minimum Gasteiger partial charge on any atom is -0.481 e. The minimum atomic E-state index is -0.840. The summed E-state index contributed by atoms with van der Waals surface area (Å²) < 4.78 is 0. The highest BCUT2D eigenvalue weighted by Crippen LogP contribution is 2.29. The molecule has 0 radical (unpaired) electrons. The van der Waals surface area contributed by atoms with Gasteiger partial charge in [0.15, 0.2) is 0 Å². The van der Waals surface area contributed by atoms with E-state index in [1.165, 1.54) is 0 Å². The molecule has 20 heavy (non-hydrogen) atoms. The second-order valence-electron chi connectivity index (χ2n) is 6.14. The first-order chi connectivity index (χ1) is 9.43. The van der Waals surface area contributed by atoms with Crippen LogP contribution in [0.4, 0.5) is 4.79 Å². The summed E-state index contributed by atoms with van der Waals surface area (Å²) in [6, 6.07) is -0.0187. The fourth-order valence-corrected chi connectivity index (χ4v) is 2.79. The lowest BCUT2D eigenvalue weighted by Gasteiger charge is -2.32. The number of hydrogen-bond acceptors (Lipinski definition) is 2. The van der Waals surface area contributed by atoms with E-state index in [0.717, 1.165) is 31.6 Å². The summed E-state index contributed by atoms with van der Waals surface area (Å²) in [5, 5.41) is 14.7. The molecule has 1 aliphatic carbocycles. The van der Waals surface area contributed by atoms with Crippen molar-refractivity contribution in [2.45, 2.75) is 58.9 Å². The molecule has 5 heteroatoms. The molecule has 1 rings (SSSR count). The van der Waals surface area contributed by atoms with Crippen molar-refractivity contribution in [3.05, 3.63) is 0 Å². The molecule has 1 aliphatic rings. The van der Waals surface area contributed by atoms with Crippen LogP contribution >= 0.6 is 0 Å². The molecule has 0 spiro atoms. The Labute approximate surface area is 121 Å². The van der Waals surface area contributed by atoms with Gasteiger partial charge < -0.3 is 15.7 Å². The topological polar surface area (TPSA) is 78.4 Å². The minimum absolute atomic E-state index is 0.202. The van der Waals surface area contributed by atoms with Crippen LogP contribution in [0.3, 0.4) is 0 Å². The molecule has 0 saturated heterocycles. The van der Waals surface area contributed by atoms with E-state index in [1.54, 1.807) is 0 Å². The van der Waals surface area contributed by atoms with Crippen molar-refractivity contribution in [1.82, 2.24) is 10.6 Å². The molecule has 3 N–H and O–H groups in total. The quantitative estimate of drug-likeness (QED) is 0.701. The van der Waals surface area contributed by atoms with E-state index in [2.05, 4.69) is 24.5 Å². The van der Waals surface area contributed by atoms with Gasteiger partial charge in [-0.25, -0.2) is 4.79 Å². The molecular weight excluding hydrogens is 256 g/mol. The summed E-state index contributed by atoms with van der Waals surface area (Å²) in [5.74, 6) is 0.0151. The number of hydrogen-bond donors (Lipinski definition) is 3. The van der Waals surface area contributed by atoms with Crippen molar-refractivity contribution in [2.24, 2.45) is 17.8 Å². The van der Waals surface area contributed by atoms with Crippen LogP contribution in [-0.2, 0) is 4.79 Å². The van der Waals surface area contributed by atoms with Crippen LogP contribution in [0.5, 0.6) is 0 Å². The van der Waals surface area contributed by atoms with Gasteiger partial charge in [-0.05, 0) is 37.5 Å². The second kappa shape index (κ2) is 8.12. The van der Waals surface area contributed by atoms with E-state index in [1.807, 2.05) is 6.92 Å². The maximum atomic E-state index is 11.8. The van der Waals surface area contributed by atoms with Gasteiger partial charge in [0.2, 0.25) is 0 Å². The van der Waals surface area contributed by atoms with E-state index in [-0.39, 0.29) is 18.6 Å². The maximum Gasteiger partial charge on any atom is 0.315 e. The number of amides is 2. The molecule has 0 aromatic heterocycles. The summed E-state index contributed by atoms with van der Waals surface area (Å²) in [7, 11) is 0. The smallest absolute Gasteiger partial charge is 0.315 e. The Balaban J connectivity index is 2.31. The molecule has 0 aromatic rings. The number of nitrogens with one attached hydrogen (secondary N) is 2. The highest BCUT2D eigenvalue weighted by Gasteiger charge is 2.25. The summed E-state index contributed by atoms with van der Waals surface area (Å²) >= 11 is 0. The van der Waals surface area contributed by atoms with Gasteiger partial charge in [-0.3, -0.25) is 4.79 Å². The average molecular weight is 284 g/mol. The summed E-state index contributed by atoms with van der Waals surface area (Å²) in [5.41, 5.74) is 0. The Morgan fingerprint density at radius 2 is 1.95 bits per heavy atom. The molecule has 0 heterocycles. The van der Waals surface area contributed by atoms with Crippen molar-refractivity contribution in [1.29, 1.82) is 0 Å². The Morgan fingerprint density at radius 1 is 1.25 bits per heavy atom. The van der Waals surface area contributed by atoms with Crippen molar-refractivity contribution < 1.29 is 14.7 Å². The van der Waals surface area contributed by atoms with Crippen LogP contribution in [0, 0.1) is 17.8 Å². The highest BCUT2D eigenvalue weighted by molar-refractivity contribution is 5.76. The molecule has 2 amide bonds. The van der Waals surface area contributed by atoms with Gasteiger partial charge in [0.25, 0.3) is 0 Å². The summed E-state index contributed by atoms with van der Waals surface area (Å²) in [4.78, 5) is 22.8. The number of carbonyl (C=O) groups excluding carboxylic acids is 1. The SMILES string of the molecule is CCCC(CNC(=O)NC1CCC(C)C(C)C1)C(=O)O. The van der Waals surface area contributed by atoms with E-state index in [0.29, 0.717) is 12.3 Å². The first-order valence-corrected chi connectivity index (χ1v) is 7.71. The van der Waals surface area contributed by atoms with E-state index >= 15 is 0 Å². The molecule has 4 atom stereocenters. The van der Waals surface area contributed by atoms with Crippen LogP contribution in [0.2, 0.25) is 0 Å². The zero-order valence-corrected chi connectivity index (χ0v) is 12.8.